The van der Waals surface area contributed by atoms with E-state index in [2.05, 4.69) is 0 Å². The van der Waals surface area contributed by atoms with E-state index in [0.717, 1.165) is 17.4 Å². The van der Waals surface area contributed by atoms with Gasteiger partial charge in [0.15, 0.2) is 11.5 Å². The van der Waals surface area contributed by atoms with E-state index in [-0.39, 0.29) is 6.10 Å². The molecule has 2 rings (SSSR count). The Morgan fingerprint density at radius 1 is 1.04 bits per heavy atom. The van der Waals surface area contributed by atoms with Crippen LogP contribution in [-0.4, -0.2) is 19.5 Å². The van der Waals surface area contributed by atoms with Crippen molar-refractivity contribution in [2.24, 2.45) is 0 Å². The van der Waals surface area contributed by atoms with Crippen molar-refractivity contribution in [2.45, 2.75) is 39.4 Å². The fourth-order valence-corrected chi connectivity index (χ4v) is 2.39. The lowest BCUT2D eigenvalue weighted by molar-refractivity contribution is -0.107. The number of hydrogen-bond acceptors (Lipinski definition) is 4. The smallest absolute Gasteiger partial charge is 0.203 e. The van der Waals surface area contributed by atoms with Crippen LogP contribution in [-0.2, 0) is 17.8 Å². The largest absolute Gasteiger partial charge is 0.490 e. The molecular weight excluding hydrogens is 304 g/mol. The highest BCUT2D eigenvalue weighted by Crippen LogP contribution is 2.39. The minimum absolute atomic E-state index is 0.0159. The Bertz CT molecular complexity index is 650. The molecule has 0 aliphatic heterocycles. The standard InChI is InChI=1S/C20H24O4/c1-15(2)24-19-13-17(10-7-11-21)12-18(20(19)22-3)23-14-16-8-5-4-6-9-16/h4-6,8-9,11-13,15H,7,10,14H2,1-3H3. The molecule has 4 heteroatoms. The summed E-state index contributed by atoms with van der Waals surface area (Å²) in [5, 5.41) is 0. The molecule has 0 radical (unpaired) electrons. The number of aryl methyl sites for hydroxylation is 1. The van der Waals surface area contributed by atoms with Crippen molar-refractivity contribution < 1.29 is 19.0 Å². The number of hydrogen-bond donors (Lipinski definition) is 0. The van der Waals surface area contributed by atoms with Crippen molar-refractivity contribution in [1.82, 2.24) is 0 Å². The molecule has 0 saturated heterocycles. The second kappa shape index (κ2) is 8.96. The molecule has 0 atom stereocenters. The highest BCUT2D eigenvalue weighted by atomic mass is 16.5. The molecule has 0 aliphatic carbocycles. The Kier molecular flexibility index (Phi) is 6.67. The van der Waals surface area contributed by atoms with Crippen LogP contribution in [0.3, 0.4) is 0 Å². The molecule has 4 nitrogen and oxygen atoms in total. The molecule has 0 N–H and O–H groups in total. The fourth-order valence-electron chi connectivity index (χ4n) is 2.39. The third kappa shape index (κ3) is 5.01. The van der Waals surface area contributed by atoms with Crippen molar-refractivity contribution in [1.29, 1.82) is 0 Å². The summed E-state index contributed by atoms with van der Waals surface area (Å²) in [5.41, 5.74) is 2.06. The van der Waals surface area contributed by atoms with E-state index in [1.54, 1.807) is 7.11 Å². The maximum Gasteiger partial charge on any atom is 0.203 e. The Morgan fingerprint density at radius 3 is 2.38 bits per heavy atom. The summed E-state index contributed by atoms with van der Waals surface area (Å²) in [4.78, 5) is 10.7. The summed E-state index contributed by atoms with van der Waals surface area (Å²) in [6.45, 7) is 4.36. The van der Waals surface area contributed by atoms with E-state index in [9.17, 15) is 4.79 Å². The first-order valence-corrected chi connectivity index (χ1v) is 8.12. The van der Waals surface area contributed by atoms with Crippen LogP contribution in [0.25, 0.3) is 0 Å². The first-order valence-electron chi connectivity index (χ1n) is 8.12. The Labute approximate surface area is 143 Å². The Hall–Kier alpha value is -2.49. The van der Waals surface area contributed by atoms with Crippen LogP contribution >= 0.6 is 0 Å². The van der Waals surface area contributed by atoms with Crippen molar-refractivity contribution in [3.63, 3.8) is 0 Å². The molecule has 0 bridgehead atoms. The zero-order chi connectivity index (χ0) is 17.4. The minimum atomic E-state index is 0.0159. The molecule has 0 aromatic heterocycles. The van der Waals surface area contributed by atoms with Crippen molar-refractivity contribution in [3.05, 3.63) is 53.6 Å². The second-order valence-corrected chi connectivity index (χ2v) is 5.77. The SMILES string of the molecule is COc1c(OCc2ccccc2)cc(CCC=O)cc1OC(C)C. The fraction of sp³-hybridized carbons (Fsp3) is 0.350. The summed E-state index contributed by atoms with van der Waals surface area (Å²) in [5.74, 6) is 1.84. The monoisotopic (exact) mass is 328 g/mol. The molecule has 128 valence electrons. The highest BCUT2D eigenvalue weighted by Gasteiger charge is 2.16. The molecule has 0 heterocycles. The third-order valence-corrected chi connectivity index (χ3v) is 3.44. The molecule has 0 spiro atoms. The second-order valence-electron chi connectivity index (χ2n) is 5.77. The first-order chi connectivity index (χ1) is 11.6. The zero-order valence-corrected chi connectivity index (χ0v) is 14.5. The van der Waals surface area contributed by atoms with Crippen molar-refractivity contribution >= 4 is 6.29 Å². The lowest BCUT2D eigenvalue weighted by Gasteiger charge is -2.18. The quantitative estimate of drug-likeness (QED) is 0.647. The van der Waals surface area contributed by atoms with Gasteiger partial charge in [-0.1, -0.05) is 30.3 Å². The molecule has 0 saturated carbocycles. The van der Waals surface area contributed by atoms with Crippen LogP contribution in [0, 0.1) is 0 Å². The van der Waals surface area contributed by atoms with Crippen LogP contribution < -0.4 is 14.2 Å². The van der Waals surface area contributed by atoms with E-state index < -0.39 is 0 Å². The summed E-state index contributed by atoms with van der Waals surface area (Å²) in [6, 6.07) is 13.8. The number of carbonyl (C=O) groups excluding carboxylic acids is 1. The van der Waals surface area contributed by atoms with Gasteiger partial charge in [0.1, 0.15) is 12.9 Å². The van der Waals surface area contributed by atoms with Gasteiger partial charge >= 0.3 is 0 Å². The normalized spacial score (nSPS) is 10.5. The number of rotatable bonds is 9. The van der Waals surface area contributed by atoms with Crippen LogP contribution in [0.2, 0.25) is 0 Å². The van der Waals surface area contributed by atoms with Gasteiger partial charge in [-0.05, 0) is 43.5 Å². The molecule has 2 aromatic carbocycles. The lowest BCUT2D eigenvalue weighted by atomic mass is 10.1. The first kappa shape index (κ1) is 17.9. The van der Waals surface area contributed by atoms with Gasteiger partial charge in [-0.15, -0.1) is 0 Å². The number of ether oxygens (including phenoxy) is 3. The molecule has 2 aromatic rings. The molecule has 24 heavy (non-hydrogen) atoms. The minimum Gasteiger partial charge on any atom is -0.490 e. The van der Waals surface area contributed by atoms with Crippen LogP contribution in [0.1, 0.15) is 31.4 Å². The average molecular weight is 328 g/mol. The molecule has 0 amide bonds. The van der Waals surface area contributed by atoms with Gasteiger partial charge in [0.2, 0.25) is 5.75 Å². The molecular formula is C20H24O4. The summed E-state index contributed by atoms with van der Waals surface area (Å²) < 4.78 is 17.3. The number of benzene rings is 2. The summed E-state index contributed by atoms with van der Waals surface area (Å²) >= 11 is 0. The van der Waals surface area contributed by atoms with Gasteiger partial charge in [0.25, 0.3) is 0 Å². The topological polar surface area (TPSA) is 44.8 Å². The predicted octanol–water partition coefficient (Wildman–Crippen LogP) is 4.19. The van der Waals surface area contributed by atoms with E-state index in [4.69, 9.17) is 14.2 Å². The maximum absolute atomic E-state index is 10.7. The predicted molar refractivity (Wildman–Crippen MR) is 93.9 cm³/mol. The molecule has 0 aliphatic rings. The summed E-state index contributed by atoms with van der Waals surface area (Å²) in [6.07, 6.45) is 2.04. The van der Waals surface area contributed by atoms with Gasteiger partial charge in [-0.2, -0.15) is 0 Å². The van der Waals surface area contributed by atoms with Gasteiger partial charge in [-0.25, -0.2) is 0 Å². The van der Waals surface area contributed by atoms with E-state index in [1.807, 2.05) is 56.3 Å². The van der Waals surface area contributed by atoms with Gasteiger partial charge < -0.3 is 19.0 Å². The van der Waals surface area contributed by atoms with E-state index >= 15 is 0 Å². The third-order valence-electron chi connectivity index (χ3n) is 3.44. The van der Waals surface area contributed by atoms with E-state index in [0.29, 0.717) is 36.7 Å². The van der Waals surface area contributed by atoms with E-state index in [1.165, 1.54) is 0 Å². The Balaban J connectivity index is 2.29. The zero-order valence-electron chi connectivity index (χ0n) is 14.5. The maximum atomic E-state index is 10.7. The number of methoxy groups -OCH3 is 1. The van der Waals surface area contributed by atoms with Crippen molar-refractivity contribution in [3.8, 4) is 17.2 Å². The summed E-state index contributed by atoms with van der Waals surface area (Å²) in [7, 11) is 1.60. The van der Waals surface area contributed by atoms with Gasteiger partial charge in [0.05, 0.1) is 13.2 Å². The number of aldehydes is 1. The van der Waals surface area contributed by atoms with Crippen molar-refractivity contribution in [2.75, 3.05) is 7.11 Å². The highest BCUT2D eigenvalue weighted by molar-refractivity contribution is 5.55. The van der Waals surface area contributed by atoms with Crippen LogP contribution in [0.15, 0.2) is 42.5 Å². The molecule has 0 fully saturated rings. The van der Waals surface area contributed by atoms with Crippen LogP contribution in [0.5, 0.6) is 17.2 Å². The van der Waals surface area contributed by atoms with Gasteiger partial charge in [0, 0.05) is 6.42 Å². The average Bonchev–Trinajstić information content (AvgIpc) is 2.58. The number of carbonyl (C=O) groups is 1. The Morgan fingerprint density at radius 2 is 1.75 bits per heavy atom. The molecule has 0 unspecified atom stereocenters. The van der Waals surface area contributed by atoms with Crippen LogP contribution in [0.4, 0.5) is 0 Å². The lowest BCUT2D eigenvalue weighted by Crippen LogP contribution is -2.08. The van der Waals surface area contributed by atoms with Gasteiger partial charge in [-0.3, -0.25) is 0 Å².